The maximum atomic E-state index is 13.7. The first-order valence-electron chi connectivity index (χ1n) is 11.5. The summed E-state index contributed by atoms with van der Waals surface area (Å²) >= 11 is 0. The summed E-state index contributed by atoms with van der Waals surface area (Å²) in [5.74, 6) is -0.628. The number of para-hydroxylation sites is 1. The zero-order valence-corrected chi connectivity index (χ0v) is 20.9. The largest absolute Gasteiger partial charge is 0.507 e. The van der Waals surface area contributed by atoms with E-state index in [1.54, 1.807) is 70.5 Å². The number of rotatable bonds is 4. The zero-order chi connectivity index (χ0) is 26.0. The van der Waals surface area contributed by atoms with Crippen molar-refractivity contribution in [3.63, 3.8) is 0 Å². The fourth-order valence-corrected chi connectivity index (χ4v) is 3.91. The van der Waals surface area contributed by atoms with Crippen LogP contribution in [-0.4, -0.2) is 48.2 Å². The number of carbonyl (C=O) groups excluding carboxylic acids is 2. The summed E-state index contributed by atoms with van der Waals surface area (Å²) in [6, 6.07) is 17.8. The lowest BCUT2D eigenvalue weighted by molar-refractivity contribution is 0.0356. The summed E-state index contributed by atoms with van der Waals surface area (Å²) in [6.45, 7) is 7.18. The van der Waals surface area contributed by atoms with Gasteiger partial charge >= 0.3 is 7.41 Å². The molecule has 2 N–H and O–H groups in total. The molecule has 1 aliphatic rings. The highest BCUT2D eigenvalue weighted by Crippen LogP contribution is 2.25. The smallest absolute Gasteiger partial charge is 0.318 e. The quantitative estimate of drug-likeness (QED) is 0.438. The van der Waals surface area contributed by atoms with E-state index >= 15 is 0 Å². The van der Waals surface area contributed by atoms with Crippen LogP contribution >= 0.6 is 0 Å². The van der Waals surface area contributed by atoms with E-state index in [9.17, 15) is 14.7 Å². The van der Waals surface area contributed by atoms with Crippen molar-refractivity contribution in [3.8, 4) is 11.5 Å². The van der Waals surface area contributed by atoms with Crippen molar-refractivity contribution in [3.05, 3.63) is 82.9 Å². The molecule has 36 heavy (non-hydrogen) atoms. The first kappa shape index (κ1) is 24.8. The van der Waals surface area contributed by atoms with Crippen molar-refractivity contribution < 1.29 is 19.4 Å². The Morgan fingerprint density at radius 3 is 2.44 bits per heavy atom. The number of fused-ring (bicyclic) bond motifs is 1. The van der Waals surface area contributed by atoms with Crippen molar-refractivity contribution >= 4 is 36.6 Å². The van der Waals surface area contributed by atoms with Crippen molar-refractivity contribution in [1.82, 2.24) is 10.4 Å². The van der Waals surface area contributed by atoms with E-state index in [1.807, 2.05) is 30.3 Å². The third-order valence-electron chi connectivity index (χ3n) is 5.87. The monoisotopic (exact) mass is 483 g/mol. The summed E-state index contributed by atoms with van der Waals surface area (Å²) in [7, 11) is 3.33. The second kappa shape index (κ2) is 9.77. The number of phenolic OH excluding ortho intramolecular Hbond substituents is 1. The van der Waals surface area contributed by atoms with E-state index in [0.29, 0.717) is 27.9 Å². The Hall–Kier alpha value is -4.27. The molecule has 1 heterocycles. The summed E-state index contributed by atoms with van der Waals surface area (Å²) < 4.78 is 5.32. The SMILES string of the molecule is COc1cccc(C(=O)NN(C(=O)c2cc3c(cc2O)C=NN(c2ccccc2)[B]3)C(C)(C)C)c1C. The summed E-state index contributed by atoms with van der Waals surface area (Å²) in [5, 5.41) is 16.4. The number of carbonyl (C=O) groups is 2. The first-order valence-corrected chi connectivity index (χ1v) is 11.5. The van der Waals surface area contributed by atoms with Crippen molar-refractivity contribution in [1.29, 1.82) is 0 Å². The number of amides is 2. The molecule has 9 heteroatoms. The summed E-state index contributed by atoms with van der Waals surface area (Å²) in [6.07, 6.45) is 1.63. The third kappa shape index (κ3) is 4.91. The normalized spacial score (nSPS) is 12.4. The molecule has 0 atom stereocenters. The molecule has 1 aliphatic heterocycles. The topological polar surface area (TPSA) is 94.5 Å². The molecule has 0 saturated carbocycles. The minimum absolute atomic E-state index is 0.0610. The summed E-state index contributed by atoms with van der Waals surface area (Å²) in [4.78, 5) is 28.6. The van der Waals surface area contributed by atoms with Gasteiger partial charge in [0.25, 0.3) is 11.8 Å². The minimum Gasteiger partial charge on any atom is -0.507 e. The molecule has 183 valence electrons. The highest BCUT2D eigenvalue weighted by molar-refractivity contribution is 6.60. The van der Waals surface area contributed by atoms with Crippen LogP contribution < -0.4 is 20.5 Å². The molecule has 1 radical (unpaired) electrons. The molecule has 0 aliphatic carbocycles. The Kier molecular flexibility index (Phi) is 6.74. The van der Waals surface area contributed by atoms with Crippen LogP contribution in [0.3, 0.4) is 0 Å². The number of methoxy groups -OCH3 is 1. The van der Waals surface area contributed by atoms with Crippen LogP contribution in [0.25, 0.3) is 0 Å². The first-order chi connectivity index (χ1) is 17.1. The van der Waals surface area contributed by atoms with Gasteiger partial charge < -0.3 is 14.8 Å². The number of ether oxygens (including phenoxy) is 1. The number of benzene rings is 3. The van der Waals surface area contributed by atoms with E-state index in [0.717, 1.165) is 5.69 Å². The highest BCUT2D eigenvalue weighted by Gasteiger charge is 2.32. The molecule has 3 aromatic carbocycles. The predicted molar refractivity (Wildman–Crippen MR) is 141 cm³/mol. The van der Waals surface area contributed by atoms with Gasteiger partial charge in [0.2, 0.25) is 0 Å². The van der Waals surface area contributed by atoms with Crippen molar-refractivity contribution in [2.24, 2.45) is 5.10 Å². The summed E-state index contributed by atoms with van der Waals surface area (Å²) in [5.41, 5.74) is 5.29. The third-order valence-corrected chi connectivity index (χ3v) is 5.87. The van der Waals surface area contributed by atoms with Gasteiger partial charge in [-0.15, -0.1) is 0 Å². The van der Waals surface area contributed by atoms with E-state index in [1.165, 1.54) is 18.2 Å². The fourth-order valence-electron chi connectivity index (χ4n) is 3.91. The molecule has 2 amide bonds. The number of hydrazine groups is 1. The lowest BCUT2D eigenvalue weighted by atomic mass is 9.76. The van der Waals surface area contributed by atoms with Crippen molar-refractivity contribution in [2.45, 2.75) is 33.2 Å². The highest BCUT2D eigenvalue weighted by atomic mass is 16.5. The Morgan fingerprint density at radius 2 is 1.78 bits per heavy atom. The number of nitrogens with one attached hydrogen (secondary N) is 1. The van der Waals surface area contributed by atoms with Crippen LogP contribution in [0.4, 0.5) is 5.69 Å². The van der Waals surface area contributed by atoms with Gasteiger partial charge in [0.05, 0.1) is 24.4 Å². The minimum atomic E-state index is -0.789. The molecule has 0 bridgehead atoms. The molecule has 8 nitrogen and oxygen atoms in total. The fraction of sp³-hybridized carbons (Fsp3) is 0.222. The molecular formula is C27H28BN4O4. The number of nitrogens with zero attached hydrogens (tertiary/aromatic N) is 3. The van der Waals surface area contributed by atoms with Gasteiger partial charge in [-0.25, -0.2) is 5.01 Å². The number of phenols is 1. The van der Waals surface area contributed by atoms with Crippen LogP contribution in [0, 0.1) is 6.92 Å². The predicted octanol–water partition coefficient (Wildman–Crippen LogP) is 3.39. The van der Waals surface area contributed by atoms with Crippen LogP contribution in [-0.2, 0) is 0 Å². The van der Waals surface area contributed by atoms with E-state index < -0.39 is 17.4 Å². The number of aromatic hydroxyl groups is 1. The lowest BCUT2D eigenvalue weighted by Crippen LogP contribution is -2.56. The molecular weight excluding hydrogens is 455 g/mol. The molecule has 4 rings (SSSR count). The number of anilines is 1. The number of hydrazone groups is 1. The van der Waals surface area contributed by atoms with Gasteiger partial charge in [0, 0.05) is 16.8 Å². The van der Waals surface area contributed by atoms with Gasteiger partial charge in [-0.3, -0.25) is 15.0 Å². The average Bonchev–Trinajstić information content (AvgIpc) is 2.86. The second-order valence-corrected chi connectivity index (χ2v) is 9.44. The van der Waals surface area contributed by atoms with Crippen LogP contribution in [0.15, 0.2) is 65.8 Å². The zero-order valence-electron chi connectivity index (χ0n) is 20.9. The molecule has 0 aromatic heterocycles. The van der Waals surface area contributed by atoms with E-state index in [-0.39, 0.29) is 11.3 Å². The van der Waals surface area contributed by atoms with Crippen molar-refractivity contribution in [2.75, 3.05) is 12.0 Å². The molecule has 0 fully saturated rings. The molecule has 0 unspecified atom stereocenters. The standard InChI is InChI=1S/C27H28BN4O4/c1-17-20(12-9-13-24(17)36-5)25(34)30-31(27(2,3)4)26(35)21-15-22-18(14-23(21)33)16-29-32(28-22)19-10-7-6-8-11-19/h6-16,33H,1-5H3,(H,30,34). The van der Waals surface area contributed by atoms with E-state index in [4.69, 9.17) is 4.74 Å². The molecule has 0 spiro atoms. The van der Waals surface area contributed by atoms with Crippen LogP contribution in [0.5, 0.6) is 11.5 Å². The van der Waals surface area contributed by atoms with Gasteiger partial charge in [0.1, 0.15) is 11.5 Å². The molecule has 3 aromatic rings. The second-order valence-electron chi connectivity index (χ2n) is 9.44. The Labute approximate surface area is 211 Å². The van der Waals surface area contributed by atoms with Gasteiger partial charge in [-0.2, -0.15) is 5.10 Å². The Balaban J connectivity index is 1.65. The maximum Gasteiger partial charge on any atom is 0.318 e. The van der Waals surface area contributed by atoms with Gasteiger partial charge in [0.15, 0.2) is 0 Å². The average molecular weight is 483 g/mol. The van der Waals surface area contributed by atoms with E-state index in [2.05, 4.69) is 10.5 Å². The van der Waals surface area contributed by atoms with Gasteiger partial charge in [-0.1, -0.05) is 24.3 Å². The lowest BCUT2D eigenvalue weighted by Gasteiger charge is -2.36. The Bertz CT molecular complexity index is 1340. The van der Waals surface area contributed by atoms with Gasteiger partial charge in [-0.05, 0) is 75.1 Å². The number of hydrogen-bond acceptors (Lipinski definition) is 6. The molecule has 0 saturated heterocycles. The Morgan fingerprint density at radius 1 is 1.06 bits per heavy atom. The van der Waals surface area contributed by atoms with Crippen LogP contribution in [0.2, 0.25) is 0 Å². The maximum absolute atomic E-state index is 13.7. The van der Waals surface area contributed by atoms with Crippen LogP contribution in [0.1, 0.15) is 52.6 Å². The number of hydrogen-bond donors (Lipinski definition) is 2.